The minimum Gasteiger partial charge on any atom is -0.490 e. The van der Waals surface area contributed by atoms with Crippen LogP contribution in [0.15, 0.2) is 30.3 Å². The fourth-order valence-electron chi connectivity index (χ4n) is 5.85. The highest BCUT2D eigenvalue weighted by Gasteiger charge is 2.32. The number of benzene rings is 2. The monoisotopic (exact) mass is 437 g/mol. The lowest BCUT2D eigenvalue weighted by Crippen LogP contribution is -2.43. The number of fused-ring (bicyclic) bond motifs is 1. The first-order valence-corrected chi connectivity index (χ1v) is 12.6. The first kappa shape index (κ1) is 23.1. The molecule has 0 aromatic heterocycles. The molecule has 2 fully saturated rings. The number of aryl methyl sites for hydroxylation is 1. The highest BCUT2D eigenvalue weighted by atomic mass is 16.5. The molecule has 1 aliphatic carbocycles. The Kier molecular flexibility index (Phi) is 7.40. The Hall–Kier alpha value is -2.07. The predicted octanol–water partition coefficient (Wildman–Crippen LogP) is 6.57. The Morgan fingerprint density at radius 3 is 2.44 bits per heavy atom. The molecule has 2 aromatic carbocycles. The number of likely N-dealkylation sites (tertiary alicyclic amines) is 1. The second-order valence-corrected chi connectivity index (χ2v) is 9.98. The summed E-state index contributed by atoms with van der Waals surface area (Å²) in [4.78, 5) is 14.1. The number of nitrogens with zero attached hydrogens (tertiary/aromatic N) is 1. The first-order valence-electron chi connectivity index (χ1n) is 12.6. The van der Waals surface area contributed by atoms with Crippen molar-refractivity contribution in [1.82, 2.24) is 4.90 Å². The van der Waals surface area contributed by atoms with Crippen LogP contribution < -0.4 is 4.74 Å². The van der Waals surface area contributed by atoms with Gasteiger partial charge in [-0.25, -0.2) is 0 Å². The van der Waals surface area contributed by atoms with Gasteiger partial charge in [0.15, 0.2) is 0 Å². The maximum atomic E-state index is 11.6. The van der Waals surface area contributed by atoms with E-state index < -0.39 is 5.97 Å². The molecule has 174 valence electrons. The first-order chi connectivity index (χ1) is 15.5. The van der Waals surface area contributed by atoms with Crippen molar-refractivity contribution in [3.8, 4) is 5.75 Å². The zero-order valence-corrected chi connectivity index (χ0v) is 20.0. The minimum absolute atomic E-state index is 0.213. The zero-order chi connectivity index (χ0) is 22.7. The van der Waals surface area contributed by atoms with Gasteiger partial charge in [0.2, 0.25) is 0 Å². The van der Waals surface area contributed by atoms with Crippen LogP contribution in [0.25, 0.3) is 10.8 Å². The third-order valence-corrected chi connectivity index (χ3v) is 8.01. The van der Waals surface area contributed by atoms with Gasteiger partial charge in [-0.15, -0.1) is 0 Å². The van der Waals surface area contributed by atoms with Crippen molar-refractivity contribution in [2.24, 2.45) is 11.8 Å². The largest absolute Gasteiger partial charge is 0.490 e. The van der Waals surface area contributed by atoms with E-state index in [0.29, 0.717) is 12.1 Å². The Morgan fingerprint density at radius 2 is 1.78 bits per heavy atom. The fraction of sp³-hybridized carbons (Fsp3) is 0.607. The summed E-state index contributed by atoms with van der Waals surface area (Å²) in [7, 11) is 0. The van der Waals surface area contributed by atoms with Crippen LogP contribution in [0.3, 0.4) is 0 Å². The van der Waals surface area contributed by atoms with Crippen molar-refractivity contribution in [2.75, 3.05) is 6.54 Å². The number of piperidine rings is 1. The van der Waals surface area contributed by atoms with Crippen molar-refractivity contribution in [3.05, 3.63) is 41.5 Å². The SMILES string of the molecule is CCC1CCC(Oc2cc(C)c3ccccc3c2CN2CCC(C(=O)O)CC2CC)CC1. The van der Waals surface area contributed by atoms with Crippen molar-refractivity contribution < 1.29 is 14.6 Å². The van der Waals surface area contributed by atoms with E-state index in [4.69, 9.17) is 4.74 Å². The molecule has 0 amide bonds. The number of carbonyl (C=O) groups is 1. The molecule has 4 rings (SSSR count). The molecule has 32 heavy (non-hydrogen) atoms. The van der Waals surface area contributed by atoms with Gasteiger partial charge < -0.3 is 9.84 Å². The lowest BCUT2D eigenvalue weighted by molar-refractivity contribution is -0.144. The molecule has 0 radical (unpaired) electrons. The van der Waals surface area contributed by atoms with E-state index in [9.17, 15) is 9.90 Å². The van der Waals surface area contributed by atoms with Gasteiger partial charge in [-0.05, 0) is 86.7 Å². The molecule has 1 saturated carbocycles. The second kappa shape index (κ2) is 10.2. The summed E-state index contributed by atoms with van der Waals surface area (Å²) in [6.45, 7) is 8.32. The van der Waals surface area contributed by atoms with Crippen LogP contribution in [0.1, 0.15) is 76.3 Å². The second-order valence-electron chi connectivity index (χ2n) is 9.98. The molecule has 0 spiro atoms. The Morgan fingerprint density at radius 1 is 1.06 bits per heavy atom. The molecular weight excluding hydrogens is 398 g/mol. The number of hydrogen-bond acceptors (Lipinski definition) is 3. The van der Waals surface area contributed by atoms with E-state index >= 15 is 0 Å². The van der Waals surface area contributed by atoms with E-state index in [1.807, 2.05) is 0 Å². The highest BCUT2D eigenvalue weighted by molar-refractivity contribution is 5.90. The maximum Gasteiger partial charge on any atom is 0.306 e. The molecular formula is C28H39NO3. The highest BCUT2D eigenvalue weighted by Crippen LogP contribution is 2.37. The van der Waals surface area contributed by atoms with Crippen LogP contribution in [0.4, 0.5) is 0 Å². The molecule has 1 aliphatic heterocycles. The molecule has 4 heteroatoms. The van der Waals surface area contributed by atoms with E-state index in [-0.39, 0.29) is 5.92 Å². The quantitative estimate of drug-likeness (QED) is 0.532. The van der Waals surface area contributed by atoms with Gasteiger partial charge in [0.1, 0.15) is 5.75 Å². The molecule has 0 bridgehead atoms. The van der Waals surface area contributed by atoms with Gasteiger partial charge in [-0.3, -0.25) is 9.69 Å². The smallest absolute Gasteiger partial charge is 0.306 e. The van der Waals surface area contributed by atoms with E-state index in [1.54, 1.807) is 0 Å². The summed E-state index contributed by atoms with van der Waals surface area (Å²) in [6.07, 6.45) is 8.85. The lowest BCUT2D eigenvalue weighted by atomic mass is 9.85. The van der Waals surface area contributed by atoms with Gasteiger partial charge in [-0.1, -0.05) is 44.5 Å². The van der Waals surface area contributed by atoms with Crippen LogP contribution in [-0.2, 0) is 11.3 Å². The Bertz CT molecular complexity index is 932. The molecule has 2 atom stereocenters. The number of carboxylic acid groups (broad SMARTS) is 1. The summed E-state index contributed by atoms with van der Waals surface area (Å²) in [5, 5.41) is 12.1. The molecule has 2 aromatic rings. The molecule has 4 nitrogen and oxygen atoms in total. The van der Waals surface area contributed by atoms with Gasteiger partial charge in [0.05, 0.1) is 12.0 Å². The summed E-state index contributed by atoms with van der Waals surface area (Å²) < 4.78 is 6.72. The minimum atomic E-state index is -0.643. The lowest BCUT2D eigenvalue weighted by Gasteiger charge is -2.38. The van der Waals surface area contributed by atoms with Gasteiger partial charge in [-0.2, -0.15) is 0 Å². The van der Waals surface area contributed by atoms with E-state index in [2.05, 4.69) is 56.0 Å². The number of ether oxygens (including phenoxy) is 1. The van der Waals surface area contributed by atoms with E-state index in [1.165, 1.54) is 41.2 Å². The number of aliphatic carboxylic acids is 1. The van der Waals surface area contributed by atoms with Gasteiger partial charge in [0.25, 0.3) is 0 Å². The summed E-state index contributed by atoms with van der Waals surface area (Å²) in [5.74, 6) is 1.04. The Labute approximate surface area is 192 Å². The van der Waals surface area contributed by atoms with Crippen LogP contribution >= 0.6 is 0 Å². The van der Waals surface area contributed by atoms with Gasteiger partial charge >= 0.3 is 5.97 Å². The third-order valence-electron chi connectivity index (χ3n) is 8.01. The molecule has 2 aliphatic rings. The predicted molar refractivity (Wildman–Crippen MR) is 130 cm³/mol. The van der Waals surface area contributed by atoms with Crippen molar-refractivity contribution in [1.29, 1.82) is 0 Å². The number of carboxylic acids is 1. The zero-order valence-electron chi connectivity index (χ0n) is 20.0. The fourth-order valence-corrected chi connectivity index (χ4v) is 5.85. The summed E-state index contributed by atoms with van der Waals surface area (Å²) in [6, 6.07) is 11.2. The standard InChI is InChI=1S/C28H39NO3/c1-4-20-10-12-23(13-11-20)32-27-16-19(3)24-8-6-7-9-25(24)26(27)18-29-15-14-21(28(30)31)17-22(29)5-2/h6-9,16,20-23H,4-5,10-15,17-18H2,1-3H3,(H,30,31). The van der Waals surface area contributed by atoms with Crippen molar-refractivity contribution in [2.45, 2.75) is 90.8 Å². The summed E-state index contributed by atoms with van der Waals surface area (Å²) >= 11 is 0. The van der Waals surface area contributed by atoms with Crippen molar-refractivity contribution in [3.63, 3.8) is 0 Å². The molecule has 1 heterocycles. The van der Waals surface area contributed by atoms with Crippen LogP contribution in [-0.4, -0.2) is 34.7 Å². The number of hydrogen-bond donors (Lipinski definition) is 1. The molecule has 1 saturated heterocycles. The normalized spacial score (nSPS) is 26.8. The number of rotatable bonds is 7. The average Bonchev–Trinajstić information content (AvgIpc) is 2.82. The van der Waals surface area contributed by atoms with Gasteiger partial charge in [0, 0.05) is 18.2 Å². The summed E-state index contributed by atoms with van der Waals surface area (Å²) in [5.41, 5.74) is 2.54. The van der Waals surface area contributed by atoms with E-state index in [0.717, 1.165) is 56.9 Å². The topological polar surface area (TPSA) is 49.8 Å². The van der Waals surface area contributed by atoms with Crippen LogP contribution in [0, 0.1) is 18.8 Å². The van der Waals surface area contributed by atoms with Crippen LogP contribution in [0.5, 0.6) is 5.75 Å². The molecule has 1 N–H and O–H groups in total. The Balaban J connectivity index is 1.62. The molecule has 2 unspecified atom stereocenters. The average molecular weight is 438 g/mol. The van der Waals surface area contributed by atoms with Crippen LogP contribution in [0.2, 0.25) is 0 Å². The third kappa shape index (κ3) is 4.96. The van der Waals surface area contributed by atoms with Crippen molar-refractivity contribution >= 4 is 16.7 Å². The maximum absolute atomic E-state index is 11.6.